The molecule has 0 spiro atoms. The number of aromatic nitrogens is 2. The van der Waals surface area contributed by atoms with Crippen molar-refractivity contribution in [3.63, 3.8) is 0 Å². The van der Waals surface area contributed by atoms with Gasteiger partial charge in [0.25, 0.3) is 10.0 Å². The third kappa shape index (κ3) is 4.08. The lowest BCUT2D eigenvalue weighted by Crippen LogP contribution is -2.35. The molecule has 0 saturated carbocycles. The number of halogens is 1. The van der Waals surface area contributed by atoms with Gasteiger partial charge in [-0.2, -0.15) is 0 Å². The monoisotopic (exact) mass is 517 g/mol. The Balaban J connectivity index is 1.45. The van der Waals surface area contributed by atoms with E-state index in [4.69, 9.17) is 16.3 Å². The maximum absolute atomic E-state index is 13.7. The van der Waals surface area contributed by atoms with E-state index in [2.05, 4.69) is 34.1 Å². The summed E-state index contributed by atoms with van der Waals surface area (Å²) < 4.78 is 34.1. The summed E-state index contributed by atoms with van der Waals surface area (Å²) in [6.07, 6.45) is 1.54. The molecule has 0 atom stereocenters. The molecule has 5 aromatic rings. The summed E-state index contributed by atoms with van der Waals surface area (Å²) in [5.41, 5.74) is 4.15. The highest BCUT2D eigenvalue weighted by molar-refractivity contribution is 7.90. The number of ether oxygens (including phenoxy) is 1. The molecule has 1 aliphatic rings. The van der Waals surface area contributed by atoms with E-state index in [1.165, 1.54) is 15.7 Å². The molecule has 2 aromatic heterocycles. The first-order valence-corrected chi connectivity index (χ1v) is 13.6. The topological polar surface area (TPSA) is 64.4 Å². The van der Waals surface area contributed by atoms with E-state index >= 15 is 0 Å². The standard InChI is InChI=1S/C28H24ClN3O3S/c29-25-12-13-30-28-27(25)24-18-22(21-8-6-20(7-9-21)19-31-14-16-35-17-15-31)10-11-26(24)32(28)36(33,34)23-4-2-1-3-5-23/h1-13,18H,14-17,19H2. The highest BCUT2D eigenvalue weighted by atomic mass is 35.5. The summed E-state index contributed by atoms with van der Waals surface area (Å²) in [5, 5.41) is 1.84. The van der Waals surface area contributed by atoms with Crippen LogP contribution in [0.1, 0.15) is 5.56 Å². The first-order chi connectivity index (χ1) is 17.5. The van der Waals surface area contributed by atoms with Gasteiger partial charge in [0.15, 0.2) is 5.65 Å². The minimum absolute atomic E-state index is 0.200. The van der Waals surface area contributed by atoms with Crippen molar-refractivity contribution < 1.29 is 13.2 Å². The lowest BCUT2D eigenvalue weighted by molar-refractivity contribution is 0.0342. The van der Waals surface area contributed by atoms with Crippen LogP contribution in [0.4, 0.5) is 0 Å². The van der Waals surface area contributed by atoms with Crippen LogP contribution >= 0.6 is 11.6 Å². The van der Waals surface area contributed by atoms with Gasteiger partial charge >= 0.3 is 0 Å². The van der Waals surface area contributed by atoms with Crippen molar-refractivity contribution in [2.45, 2.75) is 11.4 Å². The first-order valence-electron chi connectivity index (χ1n) is 11.8. The first kappa shape index (κ1) is 23.2. The SMILES string of the molecule is O=S(=O)(c1ccccc1)n1c2ccc(-c3ccc(CN4CCOCC4)cc3)cc2c2c(Cl)ccnc21. The zero-order chi connectivity index (χ0) is 24.7. The van der Waals surface area contributed by atoms with E-state index in [1.54, 1.807) is 36.4 Å². The van der Waals surface area contributed by atoms with Gasteiger partial charge in [-0.05, 0) is 47.0 Å². The Kier molecular flexibility index (Phi) is 6.01. The van der Waals surface area contributed by atoms with Gasteiger partial charge in [-0.25, -0.2) is 17.4 Å². The van der Waals surface area contributed by atoms with Crippen molar-refractivity contribution in [1.29, 1.82) is 0 Å². The van der Waals surface area contributed by atoms with Gasteiger partial charge in [0.05, 0.1) is 28.6 Å². The van der Waals surface area contributed by atoms with Gasteiger partial charge < -0.3 is 4.74 Å². The van der Waals surface area contributed by atoms with Gasteiger partial charge in [-0.1, -0.05) is 60.1 Å². The number of hydrogen-bond acceptors (Lipinski definition) is 5. The highest BCUT2D eigenvalue weighted by Crippen LogP contribution is 2.37. The van der Waals surface area contributed by atoms with Gasteiger partial charge in [-0.15, -0.1) is 0 Å². The number of pyridine rings is 1. The van der Waals surface area contributed by atoms with E-state index in [0.717, 1.165) is 49.4 Å². The van der Waals surface area contributed by atoms with Crippen LogP contribution in [0.5, 0.6) is 0 Å². The van der Waals surface area contributed by atoms with Gasteiger partial charge in [0.1, 0.15) is 0 Å². The van der Waals surface area contributed by atoms with E-state index in [0.29, 0.717) is 21.6 Å². The lowest BCUT2D eigenvalue weighted by Gasteiger charge is -2.26. The van der Waals surface area contributed by atoms with Crippen LogP contribution in [0.2, 0.25) is 5.02 Å². The maximum atomic E-state index is 13.7. The third-order valence-corrected chi connectivity index (χ3v) is 8.67. The summed E-state index contributed by atoms with van der Waals surface area (Å²) in [5.74, 6) is 0. The maximum Gasteiger partial charge on any atom is 0.269 e. The van der Waals surface area contributed by atoms with Crippen molar-refractivity contribution in [2.24, 2.45) is 0 Å². The number of benzene rings is 3. The Morgan fingerprint density at radius 1 is 0.889 bits per heavy atom. The van der Waals surface area contributed by atoms with Crippen LogP contribution < -0.4 is 0 Å². The average Bonchev–Trinajstić information content (AvgIpc) is 3.26. The molecule has 3 heterocycles. The largest absolute Gasteiger partial charge is 0.379 e. The molecule has 182 valence electrons. The smallest absolute Gasteiger partial charge is 0.269 e. The Bertz CT molecular complexity index is 1660. The quantitative estimate of drug-likeness (QED) is 0.304. The van der Waals surface area contributed by atoms with Crippen LogP contribution in [0.3, 0.4) is 0 Å². The van der Waals surface area contributed by atoms with Crippen LogP contribution in [0.15, 0.2) is 90.0 Å². The molecule has 0 N–H and O–H groups in total. The molecule has 36 heavy (non-hydrogen) atoms. The minimum Gasteiger partial charge on any atom is -0.379 e. The number of hydrogen-bond donors (Lipinski definition) is 0. The summed E-state index contributed by atoms with van der Waals surface area (Å²) >= 11 is 6.60. The second-order valence-corrected chi connectivity index (χ2v) is 11.1. The Morgan fingerprint density at radius 3 is 2.36 bits per heavy atom. The number of nitrogens with zero attached hydrogens (tertiary/aromatic N) is 3. The summed E-state index contributed by atoms with van der Waals surface area (Å²) in [6.45, 7) is 4.35. The lowest BCUT2D eigenvalue weighted by atomic mass is 10.0. The van der Waals surface area contributed by atoms with E-state index in [-0.39, 0.29) is 4.90 Å². The molecule has 1 fully saturated rings. The second kappa shape index (κ2) is 9.33. The zero-order valence-corrected chi connectivity index (χ0v) is 21.0. The van der Waals surface area contributed by atoms with Crippen LogP contribution in [0.25, 0.3) is 33.1 Å². The summed E-state index contributed by atoms with van der Waals surface area (Å²) in [6, 6.07) is 24.4. The molecule has 0 amide bonds. The predicted octanol–water partition coefficient (Wildman–Crippen LogP) is 5.58. The molecular weight excluding hydrogens is 494 g/mol. The zero-order valence-electron chi connectivity index (χ0n) is 19.5. The molecule has 0 bridgehead atoms. The molecule has 1 aliphatic heterocycles. The molecule has 3 aromatic carbocycles. The second-order valence-electron chi connectivity index (χ2n) is 8.89. The summed E-state index contributed by atoms with van der Waals surface area (Å²) in [7, 11) is -3.88. The van der Waals surface area contributed by atoms with Crippen molar-refractivity contribution in [2.75, 3.05) is 26.3 Å². The molecule has 0 radical (unpaired) electrons. The molecule has 6 rings (SSSR count). The van der Waals surface area contributed by atoms with Crippen molar-refractivity contribution in [3.05, 3.63) is 95.6 Å². The summed E-state index contributed by atoms with van der Waals surface area (Å²) in [4.78, 5) is 7.02. The van der Waals surface area contributed by atoms with Crippen molar-refractivity contribution in [1.82, 2.24) is 13.9 Å². The fourth-order valence-electron chi connectivity index (χ4n) is 4.80. The molecular formula is C28H24ClN3O3S. The predicted molar refractivity (Wildman–Crippen MR) is 143 cm³/mol. The Morgan fingerprint density at radius 2 is 1.61 bits per heavy atom. The highest BCUT2D eigenvalue weighted by Gasteiger charge is 2.25. The van der Waals surface area contributed by atoms with Gasteiger partial charge in [0.2, 0.25) is 0 Å². The number of rotatable bonds is 5. The molecule has 0 aliphatic carbocycles. The average molecular weight is 518 g/mol. The van der Waals surface area contributed by atoms with E-state index < -0.39 is 10.0 Å². The Hall–Kier alpha value is -3.23. The number of morpholine rings is 1. The molecule has 8 heteroatoms. The van der Waals surface area contributed by atoms with E-state index in [1.807, 2.05) is 18.2 Å². The van der Waals surface area contributed by atoms with Crippen LogP contribution in [0, 0.1) is 0 Å². The van der Waals surface area contributed by atoms with Gasteiger partial charge in [0, 0.05) is 36.6 Å². The molecule has 6 nitrogen and oxygen atoms in total. The van der Waals surface area contributed by atoms with E-state index in [9.17, 15) is 8.42 Å². The third-order valence-electron chi connectivity index (χ3n) is 6.64. The fourth-order valence-corrected chi connectivity index (χ4v) is 6.54. The van der Waals surface area contributed by atoms with Crippen molar-refractivity contribution in [3.8, 4) is 11.1 Å². The van der Waals surface area contributed by atoms with Gasteiger partial charge in [-0.3, -0.25) is 4.90 Å². The number of fused-ring (bicyclic) bond motifs is 3. The van der Waals surface area contributed by atoms with Crippen LogP contribution in [-0.4, -0.2) is 48.6 Å². The minimum atomic E-state index is -3.88. The molecule has 0 unspecified atom stereocenters. The normalized spacial score (nSPS) is 15.0. The molecule has 1 saturated heterocycles. The van der Waals surface area contributed by atoms with Crippen molar-refractivity contribution >= 4 is 43.6 Å². The fraction of sp³-hybridized carbons (Fsp3) is 0.179. The Labute approximate surface area is 214 Å². The van der Waals surface area contributed by atoms with Crippen LogP contribution in [-0.2, 0) is 21.3 Å².